The molecule has 0 aliphatic carbocycles. The van der Waals surface area contributed by atoms with Crippen LogP contribution in [0.5, 0.6) is 0 Å². The largest absolute Gasteiger partial charge is 0.388 e. The van der Waals surface area contributed by atoms with Crippen molar-refractivity contribution < 1.29 is 34.3 Å². The maximum atomic E-state index is 11.2. The molecule has 0 spiro atoms. The van der Waals surface area contributed by atoms with E-state index in [-0.39, 0.29) is 18.7 Å². The molecule has 0 aromatic carbocycles. The number of hydrogen-bond donors (Lipinski definition) is 4. The molecule has 1 aliphatic heterocycles. The van der Waals surface area contributed by atoms with E-state index in [2.05, 4.69) is 0 Å². The fourth-order valence-corrected chi connectivity index (χ4v) is 2.64. The summed E-state index contributed by atoms with van der Waals surface area (Å²) >= 11 is 0. The van der Waals surface area contributed by atoms with E-state index in [4.69, 9.17) is 9.47 Å². The second-order valence-electron chi connectivity index (χ2n) is 5.26. The first-order chi connectivity index (χ1) is 8.61. The Morgan fingerprint density at radius 3 is 2.26 bits per heavy atom. The van der Waals surface area contributed by atoms with Crippen LogP contribution >= 0.6 is 7.37 Å². The van der Waals surface area contributed by atoms with Gasteiger partial charge in [0.25, 0.3) is 0 Å². The van der Waals surface area contributed by atoms with Gasteiger partial charge in [-0.1, -0.05) is 0 Å². The molecule has 0 saturated carbocycles. The minimum atomic E-state index is -3.22. The molecule has 1 saturated heterocycles. The van der Waals surface area contributed by atoms with E-state index < -0.39 is 38.1 Å². The molecule has 1 unspecified atom stereocenters. The van der Waals surface area contributed by atoms with E-state index in [9.17, 15) is 24.8 Å². The zero-order valence-corrected chi connectivity index (χ0v) is 12.2. The van der Waals surface area contributed by atoms with E-state index >= 15 is 0 Å². The summed E-state index contributed by atoms with van der Waals surface area (Å²) < 4.78 is 21.9. The lowest BCUT2D eigenvalue weighted by Gasteiger charge is -2.41. The summed E-state index contributed by atoms with van der Waals surface area (Å²) in [5.41, 5.74) is 0. The van der Waals surface area contributed by atoms with Gasteiger partial charge in [0.1, 0.15) is 18.3 Å². The topological polar surface area (TPSA) is 116 Å². The summed E-state index contributed by atoms with van der Waals surface area (Å²) in [7, 11) is -3.22. The number of rotatable bonds is 5. The van der Waals surface area contributed by atoms with Gasteiger partial charge < -0.3 is 29.7 Å². The van der Waals surface area contributed by atoms with Crippen molar-refractivity contribution in [1.29, 1.82) is 0 Å². The predicted molar refractivity (Wildman–Crippen MR) is 68.1 cm³/mol. The highest BCUT2D eigenvalue weighted by atomic mass is 31.2. The lowest BCUT2D eigenvalue weighted by Crippen LogP contribution is -2.58. The predicted octanol–water partition coefficient (Wildman–Crippen LogP) is -0.491. The number of ether oxygens (including phenoxy) is 2. The molecular formula is C11H23O7P. The molecule has 8 heteroatoms. The van der Waals surface area contributed by atoms with Crippen molar-refractivity contribution in [3.8, 4) is 0 Å². The molecule has 19 heavy (non-hydrogen) atoms. The van der Waals surface area contributed by atoms with Crippen LogP contribution in [0.4, 0.5) is 0 Å². The molecule has 0 radical (unpaired) electrons. The third-order valence-corrected chi connectivity index (χ3v) is 3.99. The zero-order chi connectivity index (χ0) is 14.8. The number of aliphatic hydroxyl groups is 3. The first-order valence-electron chi connectivity index (χ1n) is 6.26. The van der Waals surface area contributed by atoms with Gasteiger partial charge in [0.2, 0.25) is 0 Å². The van der Waals surface area contributed by atoms with Gasteiger partial charge >= 0.3 is 0 Å². The summed E-state index contributed by atoms with van der Waals surface area (Å²) in [5, 5.41) is 29.3. The van der Waals surface area contributed by atoms with Gasteiger partial charge in [0.15, 0.2) is 13.7 Å². The second kappa shape index (κ2) is 6.63. The third-order valence-electron chi connectivity index (χ3n) is 2.90. The Labute approximate surface area is 112 Å². The van der Waals surface area contributed by atoms with Crippen LogP contribution < -0.4 is 0 Å². The van der Waals surface area contributed by atoms with Gasteiger partial charge in [-0.05, 0) is 20.3 Å². The van der Waals surface area contributed by atoms with E-state index in [1.54, 1.807) is 13.8 Å². The van der Waals surface area contributed by atoms with Crippen LogP contribution in [-0.4, -0.2) is 69.8 Å². The number of aliphatic hydroxyl groups excluding tert-OH is 3. The van der Waals surface area contributed by atoms with Crippen molar-refractivity contribution in [3.63, 3.8) is 0 Å². The first-order valence-corrected chi connectivity index (χ1v) is 8.55. The SMILES string of the molecule is CC(C)O[C@H]1O[C@H](CCP(C)(=O)O)[C@@H](O)[C@H](O)[C@@H]1O. The maximum Gasteiger partial charge on any atom is 0.197 e. The van der Waals surface area contributed by atoms with Gasteiger partial charge in [-0.2, -0.15) is 0 Å². The molecule has 0 aromatic heterocycles. The summed E-state index contributed by atoms with van der Waals surface area (Å²) in [5.74, 6) is 0. The summed E-state index contributed by atoms with van der Waals surface area (Å²) in [4.78, 5) is 9.24. The van der Waals surface area contributed by atoms with Crippen LogP contribution in [0.15, 0.2) is 0 Å². The molecule has 4 N–H and O–H groups in total. The maximum absolute atomic E-state index is 11.2. The molecule has 0 amide bonds. The molecule has 7 nitrogen and oxygen atoms in total. The zero-order valence-electron chi connectivity index (χ0n) is 11.3. The van der Waals surface area contributed by atoms with Crippen molar-refractivity contribution in [2.24, 2.45) is 0 Å². The quantitative estimate of drug-likeness (QED) is 0.506. The molecule has 114 valence electrons. The van der Waals surface area contributed by atoms with Crippen LogP contribution in [-0.2, 0) is 14.0 Å². The fourth-order valence-electron chi connectivity index (χ4n) is 1.90. The van der Waals surface area contributed by atoms with Crippen LogP contribution in [0.25, 0.3) is 0 Å². The van der Waals surface area contributed by atoms with Crippen molar-refractivity contribution in [3.05, 3.63) is 0 Å². The second-order valence-corrected chi connectivity index (χ2v) is 7.81. The van der Waals surface area contributed by atoms with E-state index in [0.717, 1.165) is 0 Å². The Balaban J connectivity index is 2.67. The van der Waals surface area contributed by atoms with Crippen LogP contribution in [0.2, 0.25) is 0 Å². The van der Waals surface area contributed by atoms with Gasteiger partial charge in [-0.25, -0.2) is 0 Å². The summed E-state index contributed by atoms with van der Waals surface area (Å²) in [6, 6.07) is 0. The van der Waals surface area contributed by atoms with Gasteiger partial charge in [0, 0.05) is 12.8 Å². The summed E-state index contributed by atoms with van der Waals surface area (Å²) in [6.45, 7) is 4.71. The molecule has 1 aliphatic rings. The molecular weight excluding hydrogens is 275 g/mol. The van der Waals surface area contributed by atoms with Crippen LogP contribution in [0.3, 0.4) is 0 Å². The summed E-state index contributed by atoms with van der Waals surface area (Å²) in [6.07, 6.45) is -6.12. The Morgan fingerprint density at radius 2 is 1.79 bits per heavy atom. The Hall–Kier alpha value is -0.0100. The normalized spacial score (nSPS) is 39.3. The minimum absolute atomic E-state index is 0.0358. The van der Waals surface area contributed by atoms with Crippen molar-refractivity contribution in [1.82, 2.24) is 0 Å². The third kappa shape index (κ3) is 5.11. The molecule has 0 bridgehead atoms. The minimum Gasteiger partial charge on any atom is -0.388 e. The molecule has 1 rings (SSSR count). The Kier molecular flexibility index (Phi) is 5.95. The molecule has 1 fully saturated rings. The highest BCUT2D eigenvalue weighted by molar-refractivity contribution is 7.57. The van der Waals surface area contributed by atoms with E-state index in [1.807, 2.05) is 0 Å². The average molecular weight is 298 g/mol. The number of hydrogen-bond acceptors (Lipinski definition) is 6. The van der Waals surface area contributed by atoms with Crippen LogP contribution in [0, 0.1) is 0 Å². The lowest BCUT2D eigenvalue weighted by atomic mass is 9.97. The highest BCUT2D eigenvalue weighted by Gasteiger charge is 2.44. The molecule has 1 heterocycles. The van der Waals surface area contributed by atoms with Gasteiger partial charge in [-0.15, -0.1) is 0 Å². The van der Waals surface area contributed by atoms with Crippen LogP contribution in [0.1, 0.15) is 20.3 Å². The average Bonchev–Trinajstić information content (AvgIpc) is 2.26. The smallest absolute Gasteiger partial charge is 0.197 e. The van der Waals surface area contributed by atoms with Gasteiger partial charge in [-0.3, -0.25) is 4.57 Å². The van der Waals surface area contributed by atoms with Crippen molar-refractivity contribution in [2.45, 2.75) is 57.1 Å². The molecule has 0 aromatic rings. The van der Waals surface area contributed by atoms with Gasteiger partial charge in [0.05, 0.1) is 12.2 Å². The first kappa shape index (κ1) is 17.0. The Bertz CT molecular complexity index is 329. The fraction of sp³-hybridized carbons (Fsp3) is 1.00. The van der Waals surface area contributed by atoms with Crippen molar-refractivity contribution in [2.75, 3.05) is 12.8 Å². The standard InChI is InChI=1S/C11H23O7P/c1-6(2)17-11-10(14)9(13)8(12)7(18-11)4-5-19(3,15)16/h6-14H,4-5H2,1-3H3,(H,15,16)/t7-,8-,9+,10+,11+/m1/s1. The van der Waals surface area contributed by atoms with E-state index in [1.165, 1.54) is 6.66 Å². The highest BCUT2D eigenvalue weighted by Crippen LogP contribution is 2.37. The lowest BCUT2D eigenvalue weighted by molar-refractivity contribution is -0.304. The molecule has 6 atom stereocenters. The van der Waals surface area contributed by atoms with E-state index in [0.29, 0.717) is 0 Å². The van der Waals surface area contributed by atoms with Crippen molar-refractivity contribution >= 4 is 7.37 Å². The Morgan fingerprint density at radius 1 is 1.21 bits per heavy atom. The monoisotopic (exact) mass is 298 g/mol.